The van der Waals surface area contributed by atoms with Crippen LogP contribution in [0.1, 0.15) is 0 Å². The third-order valence-corrected chi connectivity index (χ3v) is 0.614. The third-order valence-electron chi connectivity index (χ3n) is 0.386. The smallest absolute Gasteiger partial charge is 0.449 e. The molecule has 0 aromatic rings. The Hall–Kier alpha value is -1.76. The van der Waals surface area contributed by atoms with Crippen LogP contribution in [0.3, 0.4) is 0 Å². The van der Waals surface area contributed by atoms with Crippen molar-refractivity contribution in [1.82, 2.24) is 0 Å². The molecule has 0 rings (SSSR count). The Labute approximate surface area is 81.9 Å². The minimum absolute atomic E-state index is 1.89. The van der Waals surface area contributed by atoms with Crippen molar-refractivity contribution in [2.75, 3.05) is 0 Å². The lowest BCUT2D eigenvalue weighted by Crippen LogP contribution is -2.14. The van der Waals surface area contributed by atoms with Gasteiger partial charge in [0.05, 0.1) is 0 Å². The molecule has 0 saturated heterocycles. The van der Waals surface area contributed by atoms with Gasteiger partial charge in [0.25, 0.3) is 0 Å². The number of carboxylic acid groups (broad SMARTS) is 1. The molecule has 0 amide bonds. The lowest BCUT2D eigenvalue weighted by molar-refractivity contribution is -0.435. The van der Waals surface area contributed by atoms with Gasteiger partial charge in [-0.2, -0.15) is 13.2 Å². The van der Waals surface area contributed by atoms with Crippen LogP contribution in [-0.2, 0) is 34.2 Å². The van der Waals surface area contributed by atoms with E-state index in [4.69, 9.17) is 14.5 Å². The van der Waals surface area contributed by atoms with E-state index in [1.807, 2.05) is 6.79 Å². The molecular weight excluding hydrogens is 244 g/mol. The molecule has 0 heterocycles. The zero-order chi connectivity index (χ0) is 12.5. The van der Waals surface area contributed by atoms with Gasteiger partial charge >= 0.3 is 22.7 Å². The van der Waals surface area contributed by atoms with Crippen molar-refractivity contribution in [3.05, 3.63) is 0 Å². The fraction of sp³-hybridized carbons (Fsp3) is 0. The van der Waals surface area contributed by atoms with Crippen LogP contribution in [0.2, 0.25) is 0 Å². The van der Waals surface area contributed by atoms with Crippen LogP contribution in [0.5, 0.6) is 0 Å². The number of hydrogen-bond acceptors (Lipinski definition) is 9. The maximum Gasteiger partial charge on any atom is 0.553 e. The molecule has 11 nitrogen and oxygen atoms in total. The average Bonchev–Trinajstić information content (AvgIpc) is 2.03. The summed E-state index contributed by atoms with van der Waals surface area (Å²) in [5.41, 5.74) is 0. The van der Waals surface area contributed by atoms with E-state index in [1.54, 1.807) is 0 Å². The monoisotopic (exact) mass is 248 g/mol. The van der Waals surface area contributed by atoms with Crippen LogP contribution < -0.4 is 0 Å². The van der Waals surface area contributed by atoms with Crippen molar-refractivity contribution in [1.29, 1.82) is 0 Å². The summed E-state index contributed by atoms with van der Waals surface area (Å²) < 4.78 is 33.4. The van der Waals surface area contributed by atoms with Crippen molar-refractivity contribution in [3.63, 3.8) is 0 Å². The molecule has 15 heavy (non-hydrogen) atoms. The first-order valence-corrected chi connectivity index (χ1v) is 3.91. The maximum absolute atomic E-state index is 10.0. The van der Waals surface area contributed by atoms with Crippen molar-refractivity contribution < 1.29 is 51.5 Å². The van der Waals surface area contributed by atoms with E-state index in [-0.39, 0.29) is 0 Å². The Bertz CT molecular complexity index is 302. The van der Waals surface area contributed by atoms with E-state index < -0.39 is 22.7 Å². The molecule has 88 valence electrons. The topological polar surface area (TPSA) is 163 Å². The molecule has 0 radical (unpaired) electrons. The second-order valence-electron chi connectivity index (χ2n) is 1.27. The van der Waals surface area contributed by atoms with E-state index in [0.717, 1.165) is 0 Å². The van der Waals surface area contributed by atoms with E-state index in [1.165, 1.54) is 0 Å². The highest BCUT2D eigenvalue weighted by Crippen LogP contribution is 1.92. The molecule has 0 saturated carbocycles. The Morgan fingerprint density at radius 2 is 1.67 bits per heavy atom. The van der Waals surface area contributed by atoms with Crippen LogP contribution in [-0.4, -0.2) is 37.2 Å². The van der Waals surface area contributed by atoms with Crippen LogP contribution in [0.4, 0.5) is 9.59 Å². The predicted octanol–water partition coefficient (Wildman–Crippen LogP) is -0.701. The number of ether oxygens (including phenoxy) is 1. The molecule has 0 aliphatic carbocycles. The van der Waals surface area contributed by atoms with Gasteiger partial charge in [-0.15, -0.1) is 0 Å². The quantitative estimate of drug-likeness (QED) is 0.213. The summed E-state index contributed by atoms with van der Waals surface area (Å²) >= 11 is 0. The molecule has 2 N–H and O–H groups in total. The highest BCUT2D eigenvalue weighted by atomic mass is 32.3. The summed E-state index contributed by atoms with van der Waals surface area (Å²) in [6.07, 6.45) is -3.89. The van der Waals surface area contributed by atoms with Crippen LogP contribution in [0, 0.1) is 0 Å². The number of carbonyl (C=O) groups is 3. The maximum atomic E-state index is 10.0. The van der Waals surface area contributed by atoms with Gasteiger partial charge in [0.15, 0.2) is 0 Å². The summed E-state index contributed by atoms with van der Waals surface area (Å²) in [6.45, 7) is 2.00. The summed E-state index contributed by atoms with van der Waals surface area (Å²) in [7, 11) is -4.95. The Kier molecular flexibility index (Phi) is 7.98. The molecule has 12 heteroatoms. The minimum Gasteiger partial charge on any atom is -0.449 e. The third kappa shape index (κ3) is 15.0. The van der Waals surface area contributed by atoms with Gasteiger partial charge < -0.3 is 14.6 Å². The number of rotatable bonds is 3. The zero-order valence-corrected chi connectivity index (χ0v) is 7.50. The standard InChI is InChI=1S/C2H2O10S.CH2O/c3-1(4)9-2(5)10-11-12-13(6,7)8;1-2/h(H,3,4)(H,6,7,8);1H2. The second kappa shape index (κ2) is 7.63. The molecule has 0 aliphatic heterocycles. The normalized spacial score (nSPS) is 9.40. The number of carbonyl (C=O) groups excluding carboxylic acids is 2. The van der Waals surface area contributed by atoms with E-state index in [2.05, 4.69) is 19.0 Å². The average molecular weight is 248 g/mol. The summed E-state index contributed by atoms with van der Waals surface area (Å²) in [6, 6.07) is 0. The van der Waals surface area contributed by atoms with Gasteiger partial charge in [0, 0.05) is 5.04 Å². The van der Waals surface area contributed by atoms with E-state index >= 15 is 0 Å². The fourth-order valence-electron chi connectivity index (χ4n) is 0.165. The lowest BCUT2D eigenvalue weighted by atomic mass is 11.3. The van der Waals surface area contributed by atoms with Crippen molar-refractivity contribution in [2.24, 2.45) is 0 Å². The largest absolute Gasteiger partial charge is 0.553 e. The minimum atomic E-state index is -4.95. The van der Waals surface area contributed by atoms with Gasteiger partial charge in [-0.1, -0.05) is 0 Å². The zero-order valence-electron chi connectivity index (χ0n) is 6.68. The summed E-state index contributed by atoms with van der Waals surface area (Å²) in [5.74, 6) is 0. The van der Waals surface area contributed by atoms with Crippen LogP contribution in [0.25, 0.3) is 0 Å². The van der Waals surface area contributed by atoms with Gasteiger partial charge in [-0.05, 0) is 4.33 Å². The van der Waals surface area contributed by atoms with Crippen LogP contribution >= 0.6 is 0 Å². The lowest BCUT2D eigenvalue weighted by Gasteiger charge is -1.96. The highest BCUT2D eigenvalue weighted by Gasteiger charge is 2.14. The van der Waals surface area contributed by atoms with E-state index in [9.17, 15) is 18.0 Å². The predicted molar refractivity (Wildman–Crippen MR) is 36.4 cm³/mol. The molecule has 0 spiro atoms. The Morgan fingerprint density at radius 3 is 2.00 bits per heavy atom. The molecule has 0 bridgehead atoms. The molecule has 0 aromatic heterocycles. The summed E-state index contributed by atoms with van der Waals surface area (Å²) in [4.78, 5) is 30.8. The van der Waals surface area contributed by atoms with E-state index in [0.29, 0.717) is 0 Å². The van der Waals surface area contributed by atoms with Crippen LogP contribution in [0.15, 0.2) is 0 Å². The first kappa shape index (κ1) is 15.7. The van der Waals surface area contributed by atoms with Crippen molar-refractivity contribution in [2.45, 2.75) is 0 Å². The number of hydrogen-bond donors (Lipinski definition) is 2. The molecular formula is C3H4O11S. The van der Waals surface area contributed by atoms with Gasteiger partial charge in [-0.25, -0.2) is 9.68 Å². The summed E-state index contributed by atoms with van der Waals surface area (Å²) in [5, 5.41) is 10.8. The van der Waals surface area contributed by atoms with Crippen molar-refractivity contribution >= 4 is 29.5 Å². The SMILES string of the molecule is C=O.O=C(O)OC(=O)OOOS(=O)(=O)O. The fourth-order valence-corrected chi connectivity index (χ4v) is 0.263. The van der Waals surface area contributed by atoms with Gasteiger partial charge in [-0.3, -0.25) is 4.55 Å². The first-order chi connectivity index (χ1) is 6.81. The Balaban J connectivity index is 0. The van der Waals surface area contributed by atoms with Gasteiger partial charge in [0.2, 0.25) is 0 Å². The highest BCUT2D eigenvalue weighted by molar-refractivity contribution is 7.80. The molecule has 0 unspecified atom stereocenters. The Morgan fingerprint density at radius 1 is 1.20 bits per heavy atom. The molecule has 0 aromatic carbocycles. The molecule has 0 fully saturated rings. The van der Waals surface area contributed by atoms with Gasteiger partial charge in [0.1, 0.15) is 6.79 Å². The second-order valence-corrected chi connectivity index (χ2v) is 2.26. The van der Waals surface area contributed by atoms with Crippen molar-refractivity contribution in [3.8, 4) is 0 Å². The molecule has 0 aliphatic rings. The first-order valence-electron chi connectivity index (χ1n) is 2.55. The molecule has 0 atom stereocenters.